The largest absolute Gasteiger partial charge is 0.350 e. The molecule has 1 aliphatic rings. The number of benzene rings is 4. The van der Waals surface area contributed by atoms with Crippen LogP contribution in [0.3, 0.4) is 0 Å². The van der Waals surface area contributed by atoms with Crippen LogP contribution in [0.1, 0.15) is 40.4 Å². The number of carbonyl (C=O) groups excluding carboxylic acids is 2. The predicted molar refractivity (Wildman–Crippen MR) is 156 cm³/mol. The summed E-state index contributed by atoms with van der Waals surface area (Å²) in [7, 11) is 0. The van der Waals surface area contributed by atoms with E-state index in [2.05, 4.69) is 17.4 Å². The third-order valence-electron chi connectivity index (χ3n) is 6.63. The van der Waals surface area contributed by atoms with Crippen molar-refractivity contribution in [2.24, 2.45) is 0 Å². The minimum atomic E-state index is -0.329. The molecule has 0 aliphatic carbocycles. The van der Waals surface area contributed by atoms with Crippen LogP contribution in [0.15, 0.2) is 113 Å². The monoisotopic (exact) mass is 536 g/mol. The maximum atomic E-state index is 13.7. The van der Waals surface area contributed by atoms with E-state index >= 15 is 0 Å². The first kappa shape index (κ1) is 26.4. The number of thioether (sulfide) groups is 1. The normalized spacial score (nSPS) is 14.7. The Balaban J connectivity index is 1.39. The zero-order chi connectivity index (χ0) is 27.2. The number of rotatable bonds is 8. The highest BCUT2D eigenvalue weighted by Crippen LogP contribution is 2.43. The van der Waals surface area contributed by atoms with Gasteiger partial charge < -0.3 is 10.2 Å². The molecule has 196 valence electrons. The van der Waals surface area contributed by atoms with E-state index in [1.54, 1.807) is 29.2 Å². The first-order valence-electron chi connectivity index (χ1n) is 13.0. The van der Waals surface area contributed by atoms with E-state index in [1.807, 2.05) is 67.6 Å². The van der Waals surface area contributed by atoms with Crippen LogP contribution in [0.25, 0.3) is 6.08 Å². The van der Waals surface area contributed by atoms with Crippen LogP contribution >= 0.6 is 11.8 Å². The van der Waals surface area contributed by atoms with Crippen LogP contribution < -0.4 is 10.2 Å². The smallest absolute Gasteiger partial charge is 0.265 e. The molecule has 0 saturated carbocycles. The van der Waals surface area contributed by atoms with Crippen LogP contribution in [0.2, 0.25) is 0 Å². The van der Waals surface area contributed by atoms with Crippen LogP contribution in [0.5, 0.6) is 0 Å². The van der Waals surface area contributed by atoms with Crippen molar-refractivity contribution in [1.82, 2.24) is 5.32 Å². The summed E-state index contributed by atoms with van der Waals surface area (Å²) in [6, 6.07) is 31.5. The second kappa shape index (κ2) is 12.1. The highest BCUT2D eigenvalue weighted by molar-refractivity contribution is 8.04. The molecular weight excluding hydrogens is 507 g/mol. The lowest BCUT2D eigenvalue weighted by Crippen LogP contribution is -2.35. The van der Waals surface area contributed by atoms with Crippen molar-refractivity contribution < 1.29 is 14.0 Å². The van der Waals surface area contributed by atoms with Gasteiger partial charge in [-0.05, 0) is 72.9 Å². The molecule has 1 heterocycles. The number of hydrogen-bond donors (Lipinski definition) is 1. The van der Waals surface area contributed by atoms with Crippen molar-refractivity contribution in [2.45, 2.75) is 37.2 Å². The summed E-state index contributed by atoms with van der Waals surface area (Å²) in [4.78, 5) is 30.0. The van der Waals surface area contributed by atoms with E-state index in [0.717, 1.165) is 28.9 Å². The lowest BCUT2D eigenvalue weighted by atomic mass is 10.1. The fraction of sp³-hybridized carbons (Fsp3) is 0.152. The molecule has 0 bridgehead atoms. The first-order chi connectivity index (χ1) is 19.0. The Morgan fingerprint density at radius 3 is 2.33 bits per heavy atom. The second-order valence-corrected chi connectivity index (χ2v) is 10.7. The minimum Gasteiger partial charge on any atom is -0.350 e. The second-order valence-electron chi connectivity index (χ2n) is 9.62. The van der Waals surface area contributed by atoms with Gasteiger partial charge in [0.05, 0.1) is 17.1 Å². The molecule has 1 unspecified atom stereocenters. The molecule has 4 nitrogen and oxygen atoms in total. The summed E-state index contributed by atoms with van der Waals surface area (Å²) in [6.45, 7) is 2.26. The minimum absolute atomic E-state index is 0.0135. The number of hydrogen-bond acceptors (Lipinski definition) is 3. The Kier molecular flexibility index (Phi) is 8.23. The summed E-state index contributed by atoms with van der Waals surface area (Å²) >= 11 is 1.39. The third kappa shape index (κ3) is 6.65. The van der Waals surface area contributed by atoms with E-state index in [-0.39, 0.29) is 30.2 Å². The van der Waals surface area contributed by atoms with Crippen molar-refractivity contribution in [2.75, 3.05) is 4.90 Å². The van der Waals surface area contributed by atoms with Gasteiger partial charge in [0.25, 0.3) is 11.8 Å². The van der Waals surface area contributed by atoms with Crippen molar-refractivity contribution in [1.29, 1.82) is 0 Å². The van der Waals surface area contributed by atoms with Gasteiger partial charge in [-0.3, -0.25) is 9.59 Å². The molecule has 0 radical (unpaired) electrons. The van der Waals surface area contributed by atoms with Gasteiger partial charge in [0.2, 0.25) is 0 Å². The number of fused-ring (bicyclic) bond motifs is 1. The molecule has 0 fully saturated rings. The van der Waals surface area contributed by atoms with Gasteiger partial charge in [-0.25, -0.2) is 4.39 Å². The maximum Gasteiger partial charge on any atom is 0.265 e. The summed E-state index contributed by atoms with van der Waals surface area (Å²) in [6.07, 6.45) is 3.57. The van der Waals surface area contributed by atoms with Gasteiger partial charge in [-0.1, -0.05) is 84.6 Å². The van der Waals surface area contributed by atoms with E-state index < -0.39 is 0 Å². The van der Waals surface area contributed by atoms with Crippen LogP contribution in [-0.2, 0) is 17.8 Å². The molecular formula is C33H29FN2O2S. The number of halogens is 1. The van der Waals surface area contributed by atoms with Crippen LogP contribution in [0.4, 0.5) is 10.1 Å². The summed E-state index contributed by atoms with van der Waals surface area (Å²) in [5.41, 5.74) is 4.13. The topological polar surface area (TPSA) is 49.4 Å². The maximum absolute atomic E-state index is 13.7. The van der Waals surface area contributed by atoms with Crippen molar-refractivity contribution >= 4 is 35.3 Å². The van der Waals surface area contributed by atoms with Crippen LogP contribution in [0, 0.1) is 5.82 Å². The van der Waals surface area contributed by atoms with Gasteiger partial charge in [0.15, 0.2) is 0 Å². The first-order valence-corrected chi connectivity index (χ1v) is 13.8. The van der Waals surface area contributed by atoms with E-state index in [1.165, 1.54) is 29.5 Å². The molecule has 39 heavy (non-hydrogen) atoms. The van der Waals surface area contributed by atoms with Gasteiger partial charge in [0.1, 0.15) is 5.82 Å². The fourth-order valence-electron chi connectivity index (χ4n) is 4.49. The lowest BCUT2D eigenvalue weighted by Gasteiger charge is -2.31. The molecule has 1 N–H and O–H groups in total. The Hall–Kier alpha value is -4.16. The zero-order valence-electron chi connectivity index (χ0n) is 21.6. The van der Waals surface area contributed by atoms with Crippen LogP contribution in [-0.4, -0.2) is 17.9 Å². The van der Waals surface area contributed by atoms with E-state index in [9.17, 15) is 14.0 Å². The molecule has 4 aromatic carbocycles. The van der Waals surface area contributed by atoms with Crippen molar-refractivity contribution in [3.05, 3.63) is 136 Å². The predicted octanol–water partition coefficient (Wildman–Crippen LogP) is 7.26. The molecule has 1 atom stereocenters. The Bertz CT molecular complexity index is 1490. The van der Waals surface area contributed by atoms with Crippen molar-refractivity contribution in [3.63, 3.8) is 0 Å². The quantitative estimate of drug-likeness (QED) is 0.241. The Morgan fingerprint density at radius 2 is 1.62 bits per heavy atom. The lowest BCUT2D eigenvalue weighted by molar-refractivity contribution is -0.114. The van der Waals surface area contributed by atoms with Gasteiger partial charge in [-0.2, -0.15) is 0 Å². The van der Waals surface area contributed by atoms with E-state index in [0.29, 0.717) is 16.2 Å². The summed E-state index contributed by atoms with van der Waals surface area (Å²) in [5.74, 6) is -0.665. The van der Waals surface area contributed by atoms with Gasteiger partial charge >= 0.3 is 0 Å². The summed E-state index contributed by atoms with van der Waals surface area (Å²) in [5, 5.41) is 3.09. The molecule has 0 saturated heterocycles. The highest BCUT2D eigenvalue weighted by Gasteiger charge is 2.30. The number of nitrogens with one attached hydrogen (secondary N) is 1. The van der Waals surface area contributed by atoms with Gasteiger partial charge in [0, 0.05) is 16.5 Å². The fourth-order valence-corrected chi connectivity index (χ4v) is 5.53. The highest BCUT2D eigenvalue weighted by atomic mass is 32.2. The SMILES string of the molecule is CC(CCc1ccccc1)NC(=O)c1ccc2c(c1)N(Cc1ccc(F)cc1)C(=O)/C(=C/c1ccccc1)S2. The third-order valence-corrected chi connectivity index (χ3v) is 7.70. The number of anilines is 1. The van der Waals surface area contributed by atoms with Gasteiger partial charge in [-0.15, -0.1) is 0 Å². The Labute approximate surface area is 232 Å². The number of aryl methyl sites for hydroxylation is 1. The number of amides is 2. The zero-order valence-corrected chi connectivity index (χ0v) is 22.5. The molecule has 1 aliphatic heterocycles. The van der Waals surface area contributed by atoms with E-state index in [4.69, 9.17) is 0 Å². The molecule has 2 amide bonds. The standard InChI is InChI=1S/C33H29FN2O2S/c1-23(12-13-24-8-4-2-5-9-24)35-32(37)27-16-19-30-29(21-27)36(22-26-14-17-28(34)18-15-26)33(38)31(39-30)20-25-10-6-3-7-11-25/h2-11,14-21,23H,12-13,22H2,1H3,(H,35,37)/b31-20-. The average molecular weight is 537 g/mol. The molecule has 6 heteroatoms. The molecule has 0 spiro atoms. The number of nitrogens with zero attached hydrogens (tertiary/aromatic N) is 1. The molecule has 5 rings (SSSR count). The number of carbonyl (C=O) groups is 2. The Morgan fingerprint density at radius 1 is 0.923 bits per heavy atom. The van der Waals surface area contributed by atoms with Crippen molar-refractivity contribution in [3.8, 4) is 0 Å². The molecule has 0 aromatic heterocycles. The average Bonchev–Trinajstić information content (AvgIpc) is 2.96. The molecule has 4 aromatic rings. The summed E-state index contributed by atoms with van der Waals surface area (Å²) < 4.78 is 13.5.